The molecule has 0 spiro atoms. The second-order valence-electron chi connectivity index (χ2n) is 5.83. The highest BCUT2D eigenvalue weighted by Crippen LogP contribution is 2.13. The summed E-state index contributed by atoms with van der Waals surface area (Å²) in [5.41, 5.74) is 1.26. The zero-order valence-corrected chi connectivity index (χ0v) is 13.2. The standard InChI is InChI=1S/C15H23N3O3/c1-11(19)10-18(4,5)16-15(21)14(20)12-6-8-13(9-7-12)17(2)3/h6-9,11,19H,10H2,1-5H3. The number of benzene rings is 1. The van der Waals surface area contributed by atoms with Gasteiger partial charge in [0.25, 0.3) is 0 Å². The van der Waals surface area contributed by atoms with Gasteiger partial charge in [-0.2, -0.15) is 0 Å². The van der Waals surface area contributed by atoms with Gasteiger partial charge in [0.2, 0.25) is 5.78 Å². The molecule has 0 amide bonds. The Morgan fingerprint density at radius 1 is 1.33 bits per heavy atom. The number of ketones is 1. The fourth-order valence-corrected chi connectivity index (χ4v) is 2.01. The Balaban J connectivity index is 2.91. The van der Waals surface area contributed by atoms with Crippen molar-refractivity contribution in [2.45, 2.75) is 13.0 Å². The molecular formula is C15H23N3O3. The zero-order chi connectivity index (χ0) is 16.2. The van der Waals surface area contributed by atoms with Crippen LogP contribution < -0.4 is 10.0 Å². The fraction of sp³-hybridized carbons (Fsp3) is 0.467. The highest BCUT2D eigenvalue weighted by molar-refractivity contribution is 6.41. The molecule has 116 valence electrons. The van der Waals surface area contributed by atoms with Gasteiger partial charge in [-0.25, -0.2) is 4.59 Å². The molecule has 6 heteroatoms. The molecule has 1 atom stereocenters. The second kappa shape index (κ2) is 6.69. The van der Waals surface area contributed by atoms with E-state index in [2.05, 4.69) is 5.10 Å². The van der Waals surface area contributed by atoms with E-state index >= 15 is 0 Å². The summed E-state index contributed by atoms with van der Waals surface area (Å²) >= 11 is 0. The Morgan fingerprint density at radius 2 is 1.86 bits per heavy atom. The molecule has 0 aliphatic carbocycles. The van der Waals surface area contributed by atoms with Gasteiger partial charge in [0.1, 0.15) is 12.6 Å². The first-order chi connectivity index (χ1) is 9.62. The van der Waals surface area contributed by atoms with Crippen LogP contribution in [-0.4, -0.2) is 62.2 Å². The van der Waals surface area contributed by atoms with Crippen molar-refractivity contribution in [1.82, 2.24) is 0 Å². The van der Waals surface area contributed by atoms with Crippen molar-refractivity contribution in [1.29, 1.82) is 0 Å². The summed E-state index contributed by atoms with van der Waals surface area (Å²) in [5, 5.41) is 25.2. The van der Waals surface area contributed by atoms with Crippen LogP contribution in [0.1, 0.15) is 17.3 Å². The van der Waals surface area contributed by atoms with Gasteiger partial charge in [0.05, 0.1) is 20.0 Å². The van der Waals surface area contributed by atoms with E-state index in [4.69, 9.17) is 0 Å². The van der Waals surface area contributed by atoms with Crippen LogP contribution in [0, 0.1) is 0 Å². The van der Waals surface area contributed by atoms with Crippen LogP contribution in [0.15, 0.2) is 29.4 Å². The second-order valence-corrected chi connectivity index (χ2v) is 5.83. The van der Waals surface area contributed by atoms with Crippen LogP contribution in [0.4, 0.5) is 5.69 Å². The van der Waals surface area contributed by atoms with E-state index in [-0.39, 0.29) is 11.1 Å². The number of nitrogens with zero attached hydrogens (tertiary/aromatic N) is 3. The number of carbonyl (C=O) groups excluding carboxylic acids is 1. The first kappa shape index (κ1) is 17.1. The van der Waals surface area contributed by atoms with Gasteiger partial charge in [0, 0.05) is 25.3 Å². The monoisotopic (exact) mass is 293 g/mol. The lowest BCUT2D eigenvalue weighted by molar-refractivity contribution is -0.900. The SMILES string of the molecule is CC(O)C[N+](C)(C)/N=C(\[O-])C(=O)c1ccc(N(C)C)cc1. The van der Waals surface area contributed by atoms with Gasteiger partial charge < -0.3 is 15.1 Å². The normalized spacial score (nSPS) is 13.9. The summed E-state index contributed by atoms with van der Waals surface area (Å²) in [5.74, 6) is -1.45. The maximum absolute atomic E-state index is 12.1. The van der Waals surface area contributed by atoms with Crippen molar-refractivity contribution in [2.24, 2.45) is 5.10 Å². The molecule has 0 aromatic heterocycles. The van der Waals surface area contributed by atoms with Crippen molar-refractivity contribution in [3.63, 3.8) is 0 Å². The molecule has 0 heterocycles. The van der Waals surface area contributed by atoms with Gasteiger partial charge in [-0.3, -0.25) is 4.79 Å². The number of hydrogen-bond donors (Lipinski definition) is 1. The minimum absolute atomic E-state index is 0.0853. The van der Waals surface area contributed by atoms with E-state index in [1.165, 1.54) is 0 Å². The number of aliphatic hydroxyl groups excluding tert-OH is 1. The summed E-state index contributed by atoms with van der Waals surface area (Å²) in [6.07, 6.45) is -0.606. The summed E-state index contributed by atoms with van der Waals surface area (Å²) in [6.45, 7) is 1.88. The lowest BCUT2D eigenvalue weighted by atomic mass is 10.1. The number of anilines is 1. The molecule has 0 fully saturated rings. The van der Waals surface area contributed by atoms with Crippen molar-refractivity contribution >= 4 is 17.4 Å². The summed E-state index contributed by atoms with van der Waals surface area (Å²) in [6, 6.07) is 6.77. The minimum atomic E-state index is -0.807. The molecule has 0 saturated carbocycles. The summed E-state index contributed by atoms with van der Waals surface area (Å²) < 4.78 is -0.0853. The molecule has 1 aromatic carbocycles. The van der Waals surface area contributed by atoms with Crippen LogP contribution in [-0.2, 0) is 0 Å². The Labute approximate surface area is 125 Å². The molecule has 1 rings (SSSR count). The fourth-order valence-electron chi connectivity index (χ4n) is 2.01. The first-order valence-corrected chi connectivity index (χ1v) is 6.73. The van der Waals surface area contributed by atoms with Gasteiger partial charge in [0.15, 0.2) is 0 Å². The quantitative estimate of drug-likeness (QED) is 0.265. The van der Waals surface area contributed by atoms with Crippen molar-refractivity contribution < 1.29 is 19.6 Å². The molecule has 6 nitrogen and oxygen atoms in total. The first-order valence-electron chi connectivity index (χ1n) is 6.73. The van der Waals surface area contributed by atoms with E-state index < -0.39 is 17.8 Å². The minimum Gasteiger partial charge on any atom is -0.852 e. The van der Waals surface area contributed by atoms with Crippen molar-refractivity contribution in [2.75, 3.05) is 39.6 Å². The topological polar surface area (TPSA) is 76.0 Å². The van der Waals surface area contributed by atoms with Crippen molar-refractivity contribution in [3.8, 4) is 0 Å². The molecule has 0 aliphatic heterocycles. The number of likely N-dealkylation sites (N-methyl/N-ethyl adjacent to an activating group) is 1. The molecular weight excluding hydrogens is 270 g/mol. The third-order valence-electron chi connectivity index (χ3n) is 2.91. The molecule has 0 saturated heterocycles. The largest absolute Gasteiger partial charge is 0.852 e. The smallest absolute Gasteiger partial charge is 0.201 e. The van der Waals surface area contributed by atoms with Gasteiger partial charge in [-0.05, 0) is 31.2 Å². The molecule has 1 unspecified atom stereocenters. The Kier molecular flexibility index (Phi) is 5.46. The highest BCUT2D eigenvalue weighted by Gasteiger charge is 2.19. The molecule has 1 N–H and O–H groups in total. The van der Waals surface area contributed by atoms with E-state index in [1.54, 1.807) is 45.3 Å². The Hall–Kier alpha value is -1.92. The van der Waals surface area contributed by atoms with E-state index in [0.29, 0.717) is 5.56 Å². The van der Waals surface area contributed by atoms with Crippen molar-refractivity contribution in [3.05, 3.63) is 29.8 Å². The average molecular weight is 293 g/mol. The molecule has 1 aromatic rings. The number of quaternary nitrogens is 1. The van der Waals surface area contributed by atoms with Gasteiger partial charge in [-0.1, -0.05) is 5.10 Å². The van der Waals surface area contributed by atoms with Crippen LogP contribution >= 0.6 is 0 Å². The highest BCUT2D eigenvalue weighted by atomic mass is 16.3. The van der Waals surface area contributed by atoms with Gasteiger partial charge >= 0.3 is 0 Å². The Bertz CT molecular complexity index is 519. The predicted octanol–water partition coefficient (Wildman–Crippen LogP) is 0.0663. The zero-order valence-electron chi connectivity index (χ0n) is 13.2. The van der Waals surface area contributed by atoms with E-state index in [9.17, 15) is 15.0 Å². The van der Waals surface area contributed by atoms with Crippen LogP contribution in [0.2, 0.25) is 0 Å². The lowest BCUT2D eigenvalue weighted by Gasteiger charge is -2.26. The molecule has 21 heavy (non-hydrogen) atoms. The number of rotatable bonds is 6. The average Bonchev–Trinajstić information content (AvgIpc) is 2.35. The Morgan fingerprint density at radius 3 is 2.29 bits per heavy atom. The molecule has 0 aliphatic rings. The molecule has 0 bridgehead atoms. The van der Waals surface area contributed by atoms with Crippen LogP contribution in [0.3, 0.4) is 0 Å². The maximum Gasteiger partial charge on any atom is 0.201 e. The number of hydrogen-bond acceptors (Lipinski definition) is 5. The molecule has 0 radical (unpaired) electrons. The number of carbonyl (C=O) groups is 1. The van der Waals surface area contributed by atoms with E-state index in [0.717, 1.165) is 5.69 Å². The summed E-state index contributed by atoms with van der Waals surface area (Å²) in [7, 11) is 7.11. The maximum atomic E-state index is 12.1. The van der Waals surface area contributed by atoms with Gasteiger partial charge in [-0.15, -0.1) is 0 Å². The van der Waals surface area contributed by atoms with Crippen LogP contribution in [0.5, 0.6) is 0 Å². The third-order valence-corrected chi connectivity index (χ3v) is 2.91. The lowest BCUT2D eigenvalue weighted by Crippen LogP contribution is -2.43. The number of Topliss-reactive ketones (excluding diaryl/α,β-unsaturated/α-hetero) is 1. The number of aliphatic hydroxyl groups is 1. The third kappa shape index (κ3) is 5.17. The predicted molar refractivity (Wildman–Crippen MR) is 81.2 cm³/mol. The van der Waals surface area contributed by atoms with Crippen LogP contribution in [0.25, 0.3) is 0 Å². The van der Waals surface area contributed by atoms with E-state index in [1.807, 2.05) is 19.0 Å². The summed E-state index contributed by atoms with van der Waals surface area (Å²) in [4.78, 5) is 14.0.